The third-order valence-electron chi connectivity index (χ3n) is 4.77. The highest BCUT2D eigenvalue weighted by atomic mass is 16.6. The smallest absolute Gasteiger partial charge is 0.408 e. The highest BCUT2D eigenvalue weighted by Crippen LogP contribution is 2.25. The van der Waals surface area contributed by atoms with Gasteiger partial charge in [-0.05, 0) is 47.1 Å². The van der Waals surface area contributed by atoms with E-state index in [9.17, 15) is 24.0 Å². The van der Waals surface area contributed by atoms with Crippen LogP contribution in [0.15, 0.2) is 18.2 Å². The van der Waals surface area contributed by atoms with Crippen LogP contribution < -0.4 is 16.4 Å². The van der Waals surface area contributed by atoms with Crippen LogP contribution in [0.5, 0.6) is 0 Å². The van der Waals surface area contributed by atoms with E-state index in [4.69, 9.17) is 10.5 Å². The molecule has 4 N–H and O–H groups in total. The molecule has 4 amide bonds. The Bertz CT molecular complexity index is 935. The van der Waals surface area contributed by atoms with Crippen molar-refractivity contribution in [3.8, 4) is 0 Å². The zero-order chi connectivity index (χ0) is 26.9. The van der Waals surface area contributed by atoms with Gasteiger partial charge in [-0.25, -0.2) is 4.79 Å². The topological polar surface area (TPSA) is 157 Å². The summed E-state index contributed by atoms with van der Waals surface area (Å²) in [5.74, 6) is -2.83. The molecule has 0 aromatic heterocycles. The number of nitrogens with zero attached hydrogens (tertiary/aromatic N) is 1. The molecule has 0 aliphatic heterocycles. The van der Waals surface area contributed by atoms with E-state index in [1.54, 1.807) is 39.8 Å². The van der Waals surface area contributed by atoms with Crippen LogP contribution in [0.25, 0.3) is 0 Å². The summed E-state index contributed by atoms with van der Waals surface area (Å²) in [7, 11) is 1.19. The minimum atomic E-state index is -1.37. The van der Waals surface area contributed by atoms with Crippen molar-refractivity contribution in [3.63, 3.8) is 0 Å². The number of likely N-dealkylation sites (N-methyl/N-ethyl adjacent to an activating group) is 1. The van der Waals surface area contributed by atoms with E-state index in [-0.39, 0.29) is 6.54 Å². The number of nitrogens with two attached hydrogens (primary N) is 1. The first-order chi connectivity index (χ1) is 16.2. The fourth-order valence-electron chi connectivity index (χ4n) is 3.49. The molecule has 194 valence electrons. The Hall–Kier alpha value is -3.63. The number of hydrogen-bond acceptors (Lipinski definition) is 7. The van der Waals surface area contributed by atoms with Crippen molar-refractivity contribution in [3.05, 3.63) is 34.9 Å². The summed E-state index contributed by atoms with van der Waals surface area (Å²) in [6.07, 6.45) is -1.41. The van der Waals surface area contributed by atoms with Crippen molar-refractivity contribution in [1.29, 1.82) is 0 Å². The number of carbonyl (C=O) groups excluding carboxylic acids is 5. The van der Waals surface area contributed by atoms with E-state index >= 15 is 0 Å². The first-order valence-corrected chi connectivity index (χ1v) is 11.2. The van der Waals surface area contributed by atoms with E-state index in [1.165, 1.54) is 12.0 Å². The van der Waals surface area contributed by atoms with Crippen LogP contribution in [0.3, 0.4) is 0 Å². The maximum Gasteiger partial charge on any atom is 0.408 e. The first-order valence-electron chi connectivity index (χ1n) is 11.2. The van der Waals surface area contributed by atoms with E-state index in [0.29, 0.717) is 5.56 Å². The van der Waals surface area contributed by atoms with Gasteiger partial charge in [0, 0.05) is 6.54 Å². The highest BCUT2D eigenvalue weighted by Gasteiger charge is 2.36. The van der Waals surface area contributed by atoms with Gasteiger partial charge in [-0.1, -0.05) is 29.3 Å². The zero-order valence-corrected chi connectivity index (χ0v) is 21.4. The molecule has 2 unspecified atom stereocenters. The molecule has 0 saturated heterocycles. The monoisotopic (exact) mass is 492 g/mol. The maximum atomic E-state index is 13.6. The zero-order valence-electron chi connectivity index (χ0n) is 21.4. The standard InChI is InChI=1S/C24H36N4O7/c1-8-28(22(32)17(12-18(25)29)27-23(33)35-24(4,5)6)20(21(31)26-13-19(30)34-7)16-10-14(2)9-15(3)11-16/h9-11,17,20H,8,12-13H2,1-7H3,(H2,25,29)(H,26,31)(H,27,33). The Kier molecular flexibility index (Phi) is 10.7. The van der Waals surface area contributed by atoms with E-state index in [0.717, 1.165) is 11.1 Å². The predicted molar refractivity (Wildman–Crippen MR) is 128 cm³/mol. The molecule has 0 radical (unpaired) electrons. The molecular weight excluding hydrogens is 456 g/mol. The van der Waals surface area contributed by atoms with Crippen molar-refractivity contribution >= 4 is 29.8 Å². The third-order valence-corrected chi connectivity index (χ3v) is 4.77. The molecule has 11 heteroatoms. The minimum absolute atomic E-state index is 0.0490. The van der Waals surface area contributed by atoms with Crippen LogP contribution in [0.2, 0.25) is 0 Å². The molecule has 1 aromatic rings. The van der Waals surface area contributed by atoms with Crippen LogP contribution in [0.1, 0.15) is 56.8 Å². The molecule has 0 aliphatic rings. The highest BCUT2D eigenvalue weighted by molar-refractivity contribution is 5.95. The molecule has 1 rings (SSSR count). The fraction of sp³-hybridized carbons (Fsp3) is 0.542. The Morgan fingerprint density at radius 2 is 1.63 bits per heavy atom. The number of esters is 1. The van der Waals surface area contributed by atoms with E-state index in [1.807, 2.05) is 19.9 Å². The molecule has 35 heavy (non-hydrogen) atoms. The van der Waals surface area contributed by atoms with Crippen LogP contribution >= 0.6 is 0 Å². The lowest BCUT2D eigenvalue weighted by atomic mass is 9.98. The first kappa shape index (κ1) is 29.4. The van der Waals surface area contributed by atoms with Gasteiger partial charge >= 0.3 is 12.1 Å². The van der Waals surface area contributed by atoms with Crippen LogP contribution in [0, 0.1) is 13.8 Å². The van der Waals surface area contributed by atoms with Gasteiger partial charge in [-0.3, -0.25) is 19.2 Å². The average Bonchev–Trinajstić information content (AvgIpc) is 2.72. The van der Waals surface area contributed by atoms with Crippen LogP contribution in [-0.4, -0.2) is 66.5 Å². The molecule has 0 heterocycles. The molecule has 0 fully saturated rings. The molecular formula is C24H36N4O7. The second-order valence-electron chi connectivity index (χ2n) is 9.11. The number of alkyl carbamates (subject to hydrolysis) is 1. The summed E-state index contributed by atoms with van der Waals surface area (Å²) in [6.45, 7) is 9.94. The summed E-state index contributed by atoms with van der Waals surface area (Å²) in [6, 6.07) is 2.87. The number of hydrogen-bond donors (Lipinski definition) is 3. The number of benzene rings is 1. The molecule has 0 spiro atoms. The number of ether oxygens (including phenoxy) is 2. The number of nitrogens with one attached hydrogen (secondary N) is 2. The third kappa shape index (κ3) is 9.63. The number of rotatable bonds is 10. The Labute approximate surface area is 205 Å². The van der Waals surface area contributed by atoms with Gasteiger partial charge in [0.2, 0.25) is 17.7 Å². The van der Waals surface area contributed by atoms with Gasteiger partial charge in [0.25, 0.3) is 0 Å². The lowest BCUT2D eigenvalue weighted by Crippen LogP contribution is -2.54. The van der Waals surface area contributed by atoms with Crippen molar-refractivity contribution < 1.29 is 33.4 Å². The number of primary amides is 1. The second kappa shape index (κ2) is 12.7. The molecule has 0 saturated carbocycles. The number of methoxy groups -OCH3 is 1. The molecule has 1 aromatic carbocycles. The van der Waals surface area contributed by atoms with Gasteiger partial charge in [0.05, 0.1) is 13.5 Å². The number of amides is 4. The van der Waals surface area contributed by atoms with Gasteiger partial charge in [-0.15, -0.1) is 0 Å². The summed E-state index contributed by atoms with van der Waals surface area (Å²) in [4.78, 5) is 63.7. The van der Waals surface area contributed by atoms with Gasteiger partial charge < -0.3 is 30.7 Å². The molecule has 0 bridgehead atoms. The largest absolute Gasteiger partial charge is 0.468 e. The van der Waals surface area contributed by atoms with Gasteiger partial charge in [-0.2, -0.15) is 0 Å². The number of carbonyl (C=O) groups is 5. The van der Waals surface area contributed by atoms with Crippen molar-refractivity contribution in [2.75, 3.05) is 20.2 Å². The second-order valence-corrected chi connectivity index (χ2v) is 9.11. The quantitative estimate of drug-likeness (QED) is 0.415. The SMILES string of the molecule is CCN(C(=O)C(CC(N)=O)NC(=O)OC(C)(C)C)C(C(=O)NCC(=O)OC)c1cc(C)cc(C)c1. The van der Waals surface area contributed by atoms with Gasteiger partial charge in [0.15, 0.2) is 0 Å². The van der Waals surface area contributed by atoms with Crippen LogP contribution in [0.4, 0.5) is 4.79 Å². The van der Waals surface area contributed by atoms with Crippen molar-refractivity contribution in [2.45, 2.75) is 65.6 Å². The summed E-state index contributed by atoms with van der Waals surface area (Å²) in [5, 5.41) is 4.87. The van der Waals surface area contributed by atoms with Crippen molar-refractivity contribution in [1.82, 2.24) is 15.5 Å². The summed E-state index contributed by atoms with van der Waals surface area (Å²) >= 11 is 0. The Balaban J connectivity index is 3.42. The Morgan fingerprint density at radius 1 is 1.06 bits per heavy atom. The average molecular weight is 493 g/mol. The van der Waals surface area contributed by atoms with E-state index in [2.05, 4.69) is 15.4 Å². The van der Waals surface area contributed by atoms with Gasteiger partial charge in [0.1, 0.15) is 24.2 Å². The maximum absolute atomic E-state index is 13.6. The summed E-state index contributed by atoms with van der Waals surface area (Å²) < 4.78 is 9.79. The molecule has 0 aliphatic carbocycles. The Morgan fingerprint density at radius 3 is 2.09 bits per heavy atom. The summed E-state index contributed by atoms with van der Waals surface area (Å²) in [5.41, 5.74) is 6.69. The lowest BCUT2D eigenvalue weighted by molar-refractivity contribution is -0.145. The molecule has 2 atom stereocenters. The lowest BCUT2D eigenvalue weighted by Gasteiger charge is -2.33. The predicted octanol–water partition coefficient (Wildman–Crippen LogP) is 1.25. The number of aryl methyl sites for hydroxylation is 2. The van der Waals surface area contributed by atoms with Crippen molar-refractivity contribution in [2.24, 2.45) is 5.73 Å². The van der Waals surface area contributed by atoms with Crippen LogP contribution in [-0.2, 0) is 28.7 Å². The fourth-order valence-corrected chi connectivity index (χ4v) is 3.49. The normalized spacial score (nSPS) is 12.7. The van der Waals surface area contributed by atoms with E-state index < -0.39 is 60.4 Å². The molecule has 11 nitrogen and oxygen atoms in total. The minimum Gasteiger partial charge on any atom is -0.468 e.